The van der Waals surface area contributed by atoms with Crippen LogP contribution in [-0.2, 0) is 16.1 Å². The van der Waals surface area contributed by atoms with E-state index in [-0.39, 0.29) is 11.7 Å². The van der Waals surface area contributed by atoms with Crippen LogP contribution in [0.3, 0.4) is 0 Å². The second-order valence-electron chi connectivity index (χ2n) is 4.85. The van der Waals surface area contributed by atoms with Gasteiger partial charge in [-0.1, -0.05) is 32.5 Å². The van der Waals surface area contributed by atoms with Crippen molar-refractivity contribution in [3.8, 4) is 0 Å². The number of aliphatic carboxylic acids is 1. The molecule has 1 atom stereocenters. The number of thioether (sulfide) groups is 1. The Morgan fingerprint density at radius 2 is 2.11 bits per heavy atom. The quantitative estimate of drug-likeness (QED) is 0.735. The van der Waals surface area contributed by atoms with E-state index in [1.807, 2.05) is 18.4 Å². The predicted molar refractivity (Wildman–Crippen MR) is 73.5 cm³/mol. The molecule has 0 bridgehead atoms. The maximum Gasteiger partial charge on any atom is 0.313 e. The lowest BCUT2D eigenvalue weighted by molar-refractivity contribution is -0.133. The molecule has 1 aromatic rings. The van der Waals surface area contributed by atoms with Crippen molar-refractivity contribution in [2.45, 2.75) is 38.4 Å². The van der Waals surface area contributed by atoms with E-state index in [0.29, 0.717) is 17.7 Å². The Labute approximate surface area is 117 Å². The summed E-state index contributed by atoms with van der Waals surface area (Å²) in [5.74, 6) is 0.602. The van der Waals surface area contributed by atoms with Crippen molar-refractivity contribution >= 4 is 17.7 Å². The molecule has 0 saturated carbocycles. The average Bonchev–Trinajstić information content (AvgIpc) is 2.69. The molecule has 7 heteroatoms. The Bertz CT molecular complexity index is 420. The summed E-state index contributed by atoms with van der Waals surface area (Å²) in [4.78, 5) is 10.7. The summed E-state index contributed by atoms with van der Waals surface area (Å²) in [6.07, 6.45) is 0. The molecule has 1 heterocycles. The van der Waals surface area contributed by atoms with E-state index in [1.54, 1.807) is 7.11 Å². The van der Waals surface area contributed by atoms with Crippen molar-refractivity contribution in [3.63, 3.8) is 0 Å². The first-order valence-electron chi connectivity index (χ1n) is 6.22. The topological polar surface area (TPSA) is 77.2 Å². The maximum absolute atomic E-state index is 10.7. The van der Waals surface area contributed by atoms with E-state index in [0.717, 1.165) is 12.4 Å². The zero-order valence-corrected chi connectivity index (χ0v) is 12.6. The van der Waals surface area contributed by atoms with Crippen LogP contribution in [0.2, 0.25) is 0 Å². The SMILES string of the molecule is COCC(C)Cn1c(SCC(=O)O)nnc1C(C)C. The lowest BCUT2D eigenvalue weighted by Gasteiger charge is -2.16. The molecule has 108 valence electrons. The number of carboxylic acid groups (broad SMARTS) is 1. The lowest BCUT2D eigenvalue weighted by atomic mass is 10.1. The average molecular weight is 287 g/mol. The van der Waals surface area contributed by atoms with Gasteiger partial charge in [-0.25, -0.2) is 0 Å². The van der Waals surface area contributed by atoms with Gasteiger partial charge in [0.05, 0.1) is 12.4 Å². The number of hydrogen-bond donors (Lipinski definition) is 1. The summed E-state index contributed by atoms with van der Waals surface area (Å²) in [6, 6.07) is 0. The van der Waals surface area contributed by atoms with Gasteiger partial charge >= 0.3 is 5.97 Å². The number of carbonyl (C=O) groups is 1. The van der Waals surface area contributed by atoms with E-state index in [2.05, 4.69) is 17.1 Å². The van der Waals surface area contributed by atoms with Crippen LogP contribution >= 0.6 is 11.8 Å². The molecule has 0 radical (unpaired) electrons. The van der Waals surface area contributed by atoms with Gasteiger partial charge in [-0.3, -0.25) is 4.79 Å². The van der Waals surface area contributed by atoms with Crippen molar-refractivity contribution in [2.75, 3.05) is 19.5 Å². The first-order valence-corrected chi connectivity index (χ1v) is 7.20. The zero-order chi connectivity index (χ0) is 14.4. The van der Waals surface area contributed by atoms with Crippen molar-refractivity contribution in [3.05, 3.63) is 5.82 Å². The summed E-state index contributed by atoms with van der Waals surface area (Å²) in [5, 5.41) is 17.7. The molecule has 19 heavy (non-hydrogen) atoms. The number of rotatable bonds is 8. The molecule has 0 spiro atoms. The molecular formula is C12H21N3O3S. The van der Waals surface area contributed by atoms with Crippen LogP contribution in [0, 0.1) is 5.92 Å². The maximum atomic E-state index is 10.7. The van der Waals surface area contributed by atoms with E-state index >= 15 is 0 Å². The molecule has 1 rings (SSSR count). The van der Waals surface area contributed by atoms with Gasteiger partial charge in [0.25, 0.3) is 0 Å². The van der Waals surface area contributed by atoms with Crippen LogP contribution in [0.1, 0.15) is 32.5 Å². The Kier molecular flexibility index (Phi) is 6.30. The minimum atomic E-state index is -0.851. The van der Waals surface area contributed by atoms with Crippen LogP contribution in [0.25, 0.3) is 0 Å². The van der Waals surface area contributed by atoms with Gasteiger partial charge < -0.3 is 14.4 Å². The second kappa shape index (κ2) is 7.49. The number of carboxylic acids is 1. The number of methoxy groups -OCH3 is 1. The smallest absolute Gasteiger partial charge is 0.313 e. The van der Waals surface area contributed by atoms with E-state index in [4.69, 9.17) is 9.84 Å². The van der Waals surface area contributed by atoms with Crippen LogP contribution in [-0.4, -0.2) is 45.3 Å². The van der Waals surface area contributed by atoms with Gasteiger partial charge in [0.2, 0.25) is 0 Å². The number of hydrogen-bond acceptors (Lipinski definition) is 5. The van der Waals surface area contributed by atoms with Gasteiger partial charge in [0.15, 0.2) is 5.16 Å². The summed E-state index contributed by atoms with van der Waals surface area (Å²) >= 11 is 1.20. The Hall–Kier alpha value is -1.08. The van der Waals surface area contributed by atoms with Crippen LogP contribution < -0.4 is 0 Å². The summed E-state index contributed by atoms with van der Waals surface area (Å²) in [5.41, 5.74) is 0. The number of nitrogens with zero attached hydrogens (tertiary/aromatic N) is 3. The van der Waals surface area contributed by atoms with Gasteiger partial charge in [0, 0.05) is 19.6 Å². The monoisotopic (exact) mass is 287 g/mol. The van der Waals surface area contributed by atoms with Crippen molar-refractivity contribution in [1.82, 2.24) is 14.8 Å². The van der Waals surface area contributed by atoms with Crippen molar-refractivity contribution in [2.24, 2.45) is 5.92 Å². The standard InChI is InChI=1S/C12H21N3O3S/c1-8(2)11-13-14-12(19-7-10(16)17)15(11)5-9(3)6-18-4/h8-9H,5-7H2,1-4H3,(H,16,17). The van der Waals surface area contributed by atoms with Crippen LogP contribution in [0.5, 0.6) is 0 Å². The number of ether oxygens (including phenoxy) is 1. The third kappa shape index (κ3) is 4.83. The summed E-state index contributed by atoms with van der Waals surface area (Å²) in [7, 11) is 1.67. The van der Waals surface area contributed by atoms with Crippen molar-refractivity contribution < 1.29 is 14.6 Å². The third-order valence-electron chi connectivity index (χ3n) is 2.53. The first kappa shape index (κ1) is 16.0. The minimum absolute atomic E-state index is 0.00507. The lowest BCUT2D eigenvalue weighted by Crippen LogP contribution is -2.16. The Morgan fingerprint density at radius 3 is 2.63 bits per heavy atom. The fourth-order valence-electron chi connectivity index (χ4n) is 1.78. The highest BCUT2D eigenvalue weighted by Crippen LogP contribution is 2.22. The Balaban J connectivity index is 2.88. The first-order chi connectivity index (χ1) is 8.95. The number of aromatic nitrogens is 3. The molecule has 0 aliphatic rings. The largest absolute Gasteiger partial charge is 0.481 e. The highest BCUT2D eigenvalue weighted by Gasteiger charge is 2.18. The van der Waals surface area contributed by atoms with E-state index in [9.17, 15) is 4.79 Å². The molecular weight excluding hydrogens is 266 g/mol. The molecule has 1 N–H and O–H groups in total. The summed E-state index contributed by atoms with van der Waals surface area (Å²) in [6.45, 7) is 7.56. The Morgan fingerprint density at radius 1 is 1.42 bits per heavy atom. The van der Waals surface area contributed by atoms with Gasteiger partial charge in [-0.15, -0.1) is 10.2 Å². The molecule has 0 aromatic carbocycles. The fourth-order valence-corrected chi connectivity index (χ4v) is 2.46. The highest BCUT2D eigenvalue weighted by molar-refractivity contribution is 7.99. The molecule has 1 aromatic heterocycles. The minimum Gasteiger partial charge on any atom is -0.481 e. The molecule has 0 aliphatic heterocycles. The summed E-state index contributed by atoms with van der Waals surface area (Å²) < 4.78 is 7.14. The molecule has 0 saturated heterocycles. The molecule has 1 unspecified atom stereocenters. The van der Waals surface area contributed by atoms with Crippen LogP contribution in [0.4, 0.5) is 0 Å². The second-order valence-corrected chi connectivity index (χ2v) is 5.79. The van der Waals surface area contributed by atoms with Gasteiger partial charge in [-0.05, 0) is 5.92 Å². The van der Waals surface area contributed by atoms with Gasteiger partial charge in [-0.2, -0.15) is 0 Å². The molecule has 0 fully saturated rings. The van der Waals surface area contributed by atoms with E-state index in [1.165, 1.54) is 11.8 Å². The highest BCUT2D eigenvalue weighted by atomic mass is 32.2. The molecule has 6 nitrogen and oxygen atoms in total. The van der Waals surface area contributed by atoms with Gasteiger partial charge in [0.1, 0.15) is 5.82 Å². The zero-order valence-electron chi connectivity index (χ0n) is 11.8. The third-order valence-corrected chi connectivity index (χ3v) is 3.48. The normalized spacial score (nSPS) is 12.9. The molecule has 0 amide bonds. The van der Waals surface area contributed by atoms with E-state index < -0.39 is 5.97 Å². The van der Waals surface area contributed by atoms with Crippen LogP contribution in [0.15, 0.2) is 5.16 Å². The predicted octanol–water partition coefficient (Wildman–Crippen LogP) is 1.86. The van der Waals surface area contributed by atoms with Crippen molar-refractivity contribution in [1.29, 1.82) is 0 Å². The molecule has 0 aliphatic carbocycles. The fraction of sp³-hybridized carbons (Fsp3) is 0.750.